The Morgan fingerprint density at radius 2 is 2.37 bits per heavy atom. The highest BCUT2D eigenvalue weighted by molar-refractivity contribution is 7.99. The molecule has 2 rings (SSSR count). The number of hydrogen-bond acceptors (Lipinski definition) is 5. The molecule has 0 saturated carbocycles. The van der Waals surface area contributed by atoms with Gasteiger partial charge >= 0.3 is 0 Å². The van der Waals surface area contributed by atoms with Gasteiger partial charge in [0.05, 0.1) is 0 Å². The monoisotopic (exact) mass is 304 g/mol. The molecular formula is C11H20N4O2S2. The molecule has 1 aliphatic rings. The lowest BCUT2D eigenvalue weighted by atomic mass is 10.3. The van der Waals surface area contributed by atoms with Gasteiger partial charge in [-0.05, 0) is 18.6 Å². The zero-order chi connectivity index (χ0) is 14.0. The van der Waals surface area contributed by atoms with Gasteiger partial charge in [-0.25, -0.2) is 8.42 Å². The number of hydrogen-bond donors (Lipinski definition) is 1. The SMILES string of the molecule is CCCn1cc(S(=O)(=O)N(C)C2CCSC2)c(N)n1. The second-order valence-electron chi connectivity index (χ2n) is 4.68. The summed E-state index contributed by atoms with van der Waals surface area (Å²) in [7, 11) is -1.91. The summed E-state index contributed by atoms with van der Waals surface area (Å²) in [6.07, 6.45) is 3.31. The Balaban J connectivity index is 2.27. The Labute approximate surface area is 118 Å². The summed E-state index contributed by atoms with van der Waals surface area (Å²) in [6.45, 7) is 2.68. The molecule has 1 saturated heterocycles. The molecule has 1 aliphatic heterocycles. The Morgan fingerprint density at radius 1 is 1.63 bits per heavy atom. The second kappa shape index (κ2) is 5.72. The van der Waals surface area contributed by atoms with Crippen LogP contribution in [0, 0.1) is 0 Å². The van der Waals surface area contributed by atoms with E-state index in [-0.39, 0.29) is 16.8 Å². The van der Waals surface area contributed by atoms with Crippen molar-refractivity contribution in [1.82, 2.24) is 14.1 Å². The van der Waals surface area contributed by atoms with Crippen molar-refractivity contribution < 1.29 is 8.42 Å². The zero-order valence-corrected chi connectivity index (χ0v) is 12.9. The first kappa shape index (κ1) is 14.7. The quantitative estimate of drug-likeness (QED) is 0.877. The fourth-order valence-corrected chi connectivity index (χ4v) is 4.93. The lowest BCUT2D eigenvalue weighted by Gasteiger charge is -2.22. The number of nitrogens with zero attached hydrogens (tertiary/aromatic N) is 3. The minimum atomic E-state index is -3.54. The van der Waals surface area contributed by atoms with Crippen LogP contribution in [0.3, 0.4) is 0 Å². The van der Waals surface area contributed by atoms with Gasteiger partial charge in [0.1, 0.15) is 4.90 Å². The molecule has 108 valence electrons. The van der Waals surface area contributed by atoms with E-state index in [1.165, 1.54) is 10.5 Å². The second-order valence-corrected chi connectivity index (χ2v) is 7.80. The molecule has 0 radical (unpaired) electrons. The molecule has 6 nitrogen and oxygen atoms in total. The molecular weight excluding hydrogens is 284 g/mol. The Bertz CT molecular complexity index is 535. The molecule has 0 spiro atoms. The topological polar surface area (TPSA) is 81.2 Å². The first-order valence-electron chi connectivity index (χ1n) is 6.35. The molecule has 2 N–H and O–H groups in total. The van der Waals surface area contributed by atoms with Crippen molar-refractivity contribution in [3.63, 3.8) is 0 Å². The van der Waals surface area contributed by atoms with Gasteiger partial charge < -0.3 is 5.73 Å². The van der Waals surface area contributed by atoms with Gasteiger partial charge in [0.25, 0.3) is 0 Å². The molecule has 0 aliphatic carbocycles. The van der Waals surface area contributed by atoms with Gasteiger partial charge in [-0.2, -0.15) is 21.2 Å². The Morgan fingerprint density at radius 3 is 2.95 bits per heavy atom. The van der Waals surface area contributed by atoms with Crippen LogP contribution in [0.2, 0.25) is 0 Å². The number of sulfonamides is 1. The summed E-state index contributed by atoms with van der Waals surface area (Å²) in [6, 6.07) is 0.0592. The lowest BCUT2D eigenvalue weighted by molar-refractivity contribution is 0.395. The van der Waals surface area contributed by atoms with Crippen LogP contribution in [0.4, 0.5) is 5.82 Å². The van der Waals surface area contributed by atoms with Crippen molar-refractivity contribution in [3.05, 3.63) is 6.20 Å². The Kier molecular flexibility index (Phi) is 4.42. The molecule has 1 unspecified atom stereocenters. The van der Waals surface area contributed by atoms with Gasteiger partial charge in [0.15, 0.2) is 5.82 Å². The van der Waals surface area contributed by atoms with E-state index in [0.29, 0.717) is 6.54 Å². The van der Waals surface area contributed by atoms with Crippen LogP contribution in [0.15, 0.2) is 11.1 Å². The van der Waals surface area contributed by atoms with Crippen LogP contribution >= 0.6 is 11.8 Å². The van der Waals surface area contributed by atoms with E-state index in [1.54, 1.807) is 23.5 Å². The van der Waals surface area contributed by atoms with E-state index in [4.69, 9.17) is 5.73 Å². The van der Waals surface area contributed by atoms with Crippen LogP contribution < -0.4 is 5.73 Å². The largest absolute Gasteiger partial charge is 0.381 e. The van der Waals surface area contributed by atoms with E-state index in [1.807, 2.05) is 6.92 Å². The third-order valence-corrected chi connectivity index (χ3v) is 6.36. The summed E-state index contributed by atoms with van der Waals surface area (Å²) in [5.74, 6) is 1.94. The van der Waals surface area contributed by atoms with Crippen LogP contribution in [-0.4, -0.2) is 47.1 Å². The third kappa shape index (κ3) is 2.90. The highest BCUT2D eigenvalue weighted by Crippen LogP contribution is 2.28. The lowest BCUT2D eigenvalue weighted by Crippen LogP contribution is -2.37. The minimum absolute atomic E-state index is 0.0592. The number of anilines is 1. The number of aryl methyl sites for hydroxylation is 1. The first-order chi connectivity index (χ1) is 8.96. The summed E-state index contributed by atoms with van der Waals surface area (Å²) in [5.41, 5.74) is 5.75. The summed E-state index contributed by atoms with van der Waals surface area (Å²) in [4.78, 5) is 0.125. The molecule has 19 heavy (non-hydrogen) atoms. The molecule has 1 fully saturated rings. The molecule has 2 heterocycles. The maximum atomic E-state index is 12.5. The number of aromatic nitrogens is 2. The molecule has 8 heteroatoms. The van der Waals surface area contributed by atoms with E-state index in [0.717, 1.165) is 24.3 Å². The van der Waals surface area contributed by atoms with E-state index < -0.39 is 10.0 Å². The van der Waals surface area contributed by atoms with Crippen LogP contribution in [0.25, 0.3) is 0 Å². The molecule has 0 bridgehead atoms. The fourth-order valence-electron chi connectivity index (χ4n) is 2.12. The normalized spacial score (nSPS) is 20.3. The highest BCUT2D eigenvalue weighted by atomic mass is 32.2. The van der Waals surface area contributed by atoms with Crippen molar-refractivity contribution in [2.45, 2.75) is 37.2 Å². The van der Waals surface area contributed by atoms with Gasteiger partial charge in [-0.15, -0.1) is 0 Å². The maximum Gasteiger partial charge on any atom is 0.248 e. The van der Waals surface area contributed by atoms with Crippen molar-refractivity contribution in [2.24, 2.45) is 0 Å². The van der Waals surface area contributed by atoms with E-state index in [2.05, 4.69) is 5.10 Å². The average molecular weight is 304 g/mol. The minimum Gasteiger partial charge on any atom is -0.381 e. The predicted molar refractivity (Wildman–Crippen MR) is 77.6 cm³/mol. The van der Waals surface area contributed by atoms with Gasteiger partial charge in [-0.1, -0.05) is 6.92 Å². The summed E-state index contributed by atoms with van der Waals surface area (Å²) >= 11 is 1.78. The highest BCUT2D eigenvalue weighted by Gasteiger charge is 2.32. The third-order valence-electron chi connectivity index (χ3n) is 3.28. The predicted octanol–water partition coefficient (Wildman–Crippen LogP) is 1.00. The maximum absolute atomic E-state index is 12.5. The van der Waals surface area contributed by atoms with Crippen molar-refractivity contribution >= 4 is 27.6 Å². The van der Waals surface area contributed by atoms with Crippen LogP contribution in [0.1, 0.15) is 19.8 Å². The zero-order valence-electron chi connectivity index (χ0n) is 11.2. The van der Waals surface area contributed by atoms with Crippen molar-refractivity contribution in [2.75, 3.05) is 24.3 Å². The van der Waals surface area contributed by atoms with Crippen LogP contribution in [-0.2, 0) is 16.6 Å². The van der Waals surface area contributed by atoms with Gasteiger partial charge in [-0.3, -0.25) is 4.68 Å². The van der Waals surface area contributed by atoms with Crippen LogP contribution in [0.5, 0.6) is 0 Å². The number of rotatable bonds is 5. The smallest absolute Gasteiger partial charge is 0.248 e. The first-order valence-corrected chi connectivity index (χ1v) is 8.95. The molecule has 1 aromatic heterocycles. The standard InChI is InChI=1S/C11H20N4O2S2/c1-3-5-15-7-10(11(12)13-15)19(16,17)14(2)9-4-6-18-8-9/h7,9H,3-6,8H2,1-2H3,(H2,12,13). The number of nitrogens with two attached hydrogens (primary N) is 1. The van der Waals surface area contributed by atoms with Crippen molar-refractivity contribution in [3.8, 4) is 0 Å². The summed E-state index contributed by atoms with van der Waals surface area (Å²) in [5, 5.41) is 4.06. The van der Waals surface area contributed by atoms with Gasteiger partial charge in [0.2, 0.25) is 10.0 Å². The summed E-state index contributed by atoms with van der Waals surface area (Å²) < 4.78 is 28.1. The molecule has 1 atom stereocenters. The average Bonchev–Trinajstić information content (AvgIpc) is 2.98. The fraction of sp³-hybridized carbons (Fsp3) is 0.727. The molecule has 0 amide bonds. The van der Waals surface area contributed by atoms with E-state index in [9.17, 15) is 8.42 Å². The Hall–Kier alpha value is -0.730. The number of nitrogen functional groups attached to an aromatic ring is 1. The van der Waals surface area contributed by atoms with Crippen molar-refractivity contribution in [1.29, 1.82) is 0 Å². The van der Waals surface area contributed by atoms with Gasteiger partial charge in [0, 0.05) is 31.6 Å². The number of thioether (sulfide) groups is 1. The molecule has 1 aromatic rings. The molecule has 0 aromatic carbocycles. The van der Waals surface area contributed by atoms with E-state index >= 15 is 0 Å².